The third kappa shape index (κ3) is 6.41. The zero-order valence-corrected chi connectivity index (χ0v) is 15.5. The molecule has 26 heavy (non-hydrogen) atoms. The van der Waals surface area contributed by atoms with Gasteiger partial charge in [0, 0.05) is 30.2 Å². The Labute approximate surface area is 152 Å². The fraction of sp³-hybridized carbons (Fsp3) is 0.353. The van der Waals surface area contributed by atoms with Crippen LogP contribution in [0.5, 0.6) is 0 Å². The summed E-state index contributed by atoms with van der Waals surface area (Å²) in [5, 5.41) is 2.77. The van der Waals surface area contributed by atoms with Crippen molar-refractivity contribution in [3.05, 3.63) is 36.0 Å². The first-order chi connectivity index (χ1) is 12.3. The third-order valence-electron chi connectivity index (χ3n) is 3.31. The van der Waals surface area contributed by atoms with E-state index in [4.69, 9.17) is 10.5 Å². The van der Waals surface area contributed by atoms with Crippen LogP contribution in [0.2, 0.25) is 0 Å². The highest BCUT2D eigenvalue weighted by Crippen LogP contribution is 2.20. The summed E-state index contributed by atoms with van der Waals surface area (Å²) in [6.45, 7) is 2.82. The van der Waals surface area contributed by atoms with Crippen LogP contribution in [0, 0.1) is 0 Å². The number of nitrogens with zero attached hydrogens (tertiary/aromatic N) is 2. The fourth-order valence-electron chi connectivity index (χ4n) is 2.23. The molecule has 0 unspecified atom stereocenters. The Morgan fingerprint density at radius 3 is 2.54 bits per heavy atom. The second-order valence-electron chi connectivity index (χ2n) is 5.75. The summed E-state index contributed by atoms with van der Waals surface area (Å²) in [7, 11) is -3.23. The molecule has 0 saturated heterocycles. The fourth-order valence-corrected chi connectivity index (χ4v) is 2.91. The summed E-state index contributed by atoms with van der Waals surface area (Å²) < 4.78 is 28.0. The standard InChI is InChI=1S/C17H22N4O4S/c1-3-25-9-8-16(22)19-13-6-4-12(5-7-13)17-20-14(10-15(18)21-17)11-26(2,23)24/h4-7,10H,3,8-9,11H2,1-2H3,(H,19,22)(H2,18,20,21). The first kappa shape index (κ1) is 19.8. The van der Waals surface area contributed by atoms with Crippen LogP contribution in [0.3, 0.4) is 0 Å². The molecule has 2 aromatic rings. The van der Waals surface area contributed by atoms with E-state index in [2.05, 4.69) is 15.3 Å². The SMILES string of the molecule is CCOCCC(=O)Nc1ccc(-c2nc(N)cc(CS(C)(=O)=O)n2)cc1. The summed E-state index contributed by atoms with van der Waals surface area (Å²) in [4.78, 5) is 20.2. The van der Waals surface area contributed by atoms with Crippen molar-refractivity contribution in [2.24, 2.45) is 0 Å². The Hall–Kier alpha value is -2.52. The Balaban J connectivity index is 2.11. The highest BCUT2D eigenvalue weighted by molar-refractivity contribution is 7.89. The predicted molar refractivity (Wildman–Crippen MR) is 100 cm³/mol. The van der Waals surface area contributed by atoms with Crippen molar-refractivity contribution in [1.29, 1.82) is 0 Å². The number of carbonyl (C=O) groups excluding carboxylic acids is 1. The number of sulfone groups is 1. The third-order valence-corrected chi connectivity index (χ3v) is 4.13. The lowest BCUT2D eigenvalue weighted by Crippen LogP contribution is -2.14. The van der Waals surface area contributed by atoms with Crippen molar-refractivity contribution in [1.82, 2.24) is 9.97 Å². The number of ether oxygens (including phenoxy) is 1. The number of hydrogen-bond donors (Lipinski definition) is 2. The van der Waals surface area contributed by atoms with Gasteiger partial charge >= 0.3 is 0 Å². The van der Waals surface area contributed by atoms with E-state index in [0.717, 1.165) is 6.26 Å². The van der Waals surface area contributed by atoms with Crippen molar-refractivity contribution < 1.29 is 17.9 Å². The van der Waals surface area contributed by atoms with Crippen LogP contribution in [0.15, 0.2) is 30.3 Å². The zero-order chi connectivity index (χ0) is 19.2. The second kappa shape index (κ2) is 8.72. The van der Waals surface area contributed by atoms with E-state index >= 15 is 0 Å². The Morgan fingerprint density at radius 2 is 1.92 bits per heavy atom. The van der Waals surface area contributed by atoms with Crippen LogP contribution < -0.4 is 11.1 Å². The molecule has 0 spiro atoms. The topological polar surface area (TPSA) is 124 Å². The molecule has 0 aliphatic rings. The van der Waals surface area contributed by atoms with E-state index in [1.165, 1.54) is 6.07 Å². The van der Waals surface area contributed by atoms with Gasteiger partial charge in [-0.3, -0.25) is 4.79 Å². The molecular weight excluding hydrogens is 356 g/mol. The Kier molecular flexibility index (Phi) is 6.64. The monoisotopic (exact) mass is 378 g/mol. The number of aromatic nitrogens is 2. The molecule has 1 amide bonds. The number of rotatable bonds is 8. The largest absolute Gasteiger partial charge is 0.384 e. The van der Waals surface area contributed by atoms with Crippen LogP contribution in [0.4, 0.5) is 11.5 Å². The van der Waals surface area contributed by atoms with E-state index in [-0.39, 0.29) is 23.9 Å². The van der Waals surface area contributed by atoms with Gasteiger partial charge in [0.1, 0.15) is 5.82 Å². The summed E-state index contributed by atoms with van der Waals surface area (Å²) in [5.41, 5.74) is 7.39. The first-order valence-electron chi connectivity index (χ1n) is 8.06. The molecule has 2 rings (SSSR count). The molecule has 0 bridgehead atoms. The number of anilines is 2. The molecule has 9 heteroatoms. The molecule has 0 atom stereocenters. The number of nitrogens with one attached hydrogen (secondary N) is 1. The minimum Gasteiger partial charge on any atom is -0.384 e. The van der Waals surface area contributed by atoms with Gasteiger partial charge in [0.2, 0.25) is 5.91 Å². The number of benzene rings is 1. The van der Waals surface area contributed by atoms with E-state index in [1.54, 1.807) is 24.3 Å². The summed E-state index contributed by atoms with van der Waals surface area (Å²) in [5.74, 6) is 0.183. The number of nitrogen functional groups attached to an aromatic ring is 1. The predicted octanol–water partition coefficient (Wildman–Crippen LogP) is 1.64. The van der Waals surface area contributed by atoms with Gasteiger partial charge in [-0.1, -0.05) is 0 Å². The molecule has 3 N–H and O–H groups in total. The first-order valence-corrected chi connectivity index (χ1v) is 10.1. The summed E-state index contributed by atoms with van der Waals surface area (Å²) in [6, 6.07) is 8.35. The minimum atomic E-state index is -3.23. The van der Waals surface area contributed by atoms with Crippen LogP contribution in [0.1, 0.15) is 19.0 Å². The summed E-state index contributed by atoms with van der Waals surface area (Å²) in [6.07, 6.45) is 1.41. The van der Waals surface area contributed by atoms with Gasteiger partial charge in [0.05, 0.1) is 24.5 Å². The van der Waals surface area contributed by atoms with Crippen molar-refractivity contribution in [2.75, 3.05) is 30.5 Å². The zero-order valence-electron chi connectivity index (χ0n) is 14.7. The number of amides is 1. The van der Waals surface area contributed by atoms with Crippen molar-refractivity contribution in [2.45, 2.75) is 19.1 Å². The molecule has 8 nitrogen and oxygen atoms in total. The molecule has 0 aliphatic carbocycles. The summed E-state index contributed by atoms with van der Waals surface area (Å²) >= 11 is 0. The lowest BCUT2D eigenvalue weighted by Gasteiger charge is -2.08. The minimum absolute atomic E-state index is 0.137. The van der Waals surface area contributed by atoms with Crippen LogP contribution >= 0.6 is 0 Å². The van der Waals surface area contributed by atoms with Crippen molar-refractivity contribution in [3.8, 4) is 11.4 Å². The molecule has 0 fully saturated rings. The van der Waals surface area contributed by atoms with Crippen molar-refractivity contribution >= 4 is 27.2 Å². The van der Waals surface area contributed by atoms with Gasteiger partial charge < -0.3 is 15.8 Å². The Bertz CT molecular complexity index is 867. The van der Waals surface area contributed by atoms with Gasteiger partial charge in [-0.25, -0.2) is 18.4 Å². The van der Waals surface area contributed by atoms with Crippen molar-refractivity contribution in [3.63, 3.8) is 0 Å². The van der Waals surface area contributed by atoms with Gasteiger partial charge in [-0.2, -0.15) is 0 Å². The quantitative estimate of drug-likeness (QED) is 0.669. The van der Waals surface area contributed by atoms with Gasteiger partial charge in [-0.05, 0) is 31.2 Å². The second-order valence-corrected chi connectivity index (χ2v) is 7.89. The molecule has 1 aromatic heterocycles. The number of carbonyl (C=O) groups is 1. The van der Waals surface area contributed by atoms with E-state index in [1.807, 2.05) is 6.92 Å². The lowest BCUT2D eigenvalue weighted by atomic mass is 10.2. The number of hydrogen-bond acceptors (Lipinski definition) is 7. The number of nitrogens with two attached hydrogens (primary N) is 1. The molecule has 1 heterocycles. The highest BCUT2D eigenvalue weighted by atomic mass is 32.2. The molecule has 0 radical (unpaired) electrons. The van der Waals surface area contributed by atoms with Crippen LogP contribution in [-0.4, -0.2) is 43.8 Å². The maximum absolute atomic E-state index is 11.8. The van der Waals surface area contributed by atoms with E-state index in [0.29, 0.717) is 36.0 Å². The van der Waals surface area contributed by atoms with Crippen LogP contribution in [0.25, 0.3) is 11.4 Å². The maximum Gasteiger partial charge on any atom is 0.226 e. The van der Waals surface area contributed by atoms with Gasteiger partial charge in [0.15, 0.2) is 15.7 Å². The highest BCUT2D eigenvalue weighted by Gasteiger charge is 2.11. The van der Waals surface area contributed by atoms with Gasteiger partial charge in [-0.15, -0.1) is 0 Å². The van der Waals surface area contributed by atoms with Crippen LogP contribution in [-0.2, 0) is 25.1 Å². The average Bonchev–Trinajstić information content (AvgIpc) is 2.53. The molecule has 0 aliphatic heterocycles. The maximum atomic E-state index is 11.8. The lowest BCUT2D eigenvalue weighted by molar-refractivity contribution is -0.117. The normalized spacial score (nSPS) is 11.3. The molecule has 140 valence electrons. The van der Waals surface area contributed by atoms with E-state index in [9.17, 15) is 13.2 Å². The molecular formula is C17H22N4O4S. The average molecular weight is 378 g/mol. The Morgan fingerprint density at radius 1 is 1.23 bits per heavy atom. The smallest absolute Gasteiger partial charge is 0.226 e. The van der Waals surface area contributed by atoms with Gasteiger partial charge in [0.25, 0.3) is 0 Å². The molecule has 0 saturated carbocycles. The molecule has 1 aromatic carbocycles. The van der Waals surface area contributed by atoms with E-state index < -0.39 is 9.84 Å².